The van der Waals surface area contributed by atoms with E-state index in [2.05, 4.69) is 15.3 Å². The third-order valence-corrected chi connectivity index (χ3v) is 4.92. The molecule has 0 saturated heterocycles. The molecule has 0 aliphatic heterocycles. The molecule has 3 N–H and O–H groups in total. The Bertz CT molecular complexity index is 869. The van der Waals surface area contributed by atoms with E-state index in [9.17, 15) is 9.59 Å². The first-order valence-electron chi connectivity index (χ1n) is 8.78. The Balaban J connectivity index is 1.86. The van der Waals surface area contributed by atoms with Crippen molar-refractivity contribution in [1.29, 1.82) is 0 Å². The van der Waals surface area contributed by atoms with E-state index in [1.807, 2.05) is 29.2 Å². The number of carbonyl (C=O) groups is 2. The fourth-order valence-electron chi connectivity index (χ4n) is 3.43. The predicted octanol–water partition coefficient (Wildman–Crippen LogP) is 2.58. The molecule has 3 rings (SSSR count). The maximum Gasteiger partial charge on any atom is 0.222 e. The van der Waals surface area contributed by atoms with Crippen molar-refractivity contribution >= 4 is 35.2 Å². The van der Waals surface area contributed by atoms with Crippen molar-refractivity contribution in [3.63, 3.8) is 0 Å². The van der Waals surface area contributed by atoms with E-state index in [1.54, 1.807) is 6.92 Å². The molecule has 0 fully saturated rings. The van der Waals surface area contributed by atoms with E-state index in [0.717, 1.165) is 23.2 Å². The van der Waals surface area contributed by atoms with Gasteiger partial charge in [0.1, 0.15) is 5.82 Å². The van der Waals surface area contributed by atoms with Crippen molar-refractivity contribution in [2.45, 2.75) is 45.7 Å². The lowest BCUT2D eigenvalue weighted by Crippen LogP contribution is -2.42. The molecule has 1 aliphatic rings. The van der Waals surface area contributed by atoms with Crippen molar-refractivity contribution in [2.75, 3.05) is 11.1 Å². The van der Waals surface area contributed by atoms with Gasteiger partial charge in [-0.1, -0.05) is 23.7 Å². The third kappa shape index (κ3) is 4.54. The van der Waals surface area contributed by atoms with Gasteiger partial charge in [0.25, 0.3) is 0 Å². The van der Waals surface area contributed by atoms with E-state index in [0.29, 0.717) is 30.2 Å². The van der Waals surface area contributed by atoms with Gasteiger partial charge in [-0.2, -0.15) is 4.98 Å². The van der Waals surface area contributed by atoms with Crippen molar-refractivity contribution in [3.05, 3.63) is 46.1 Å². The summed E-state index contributed by atoms with van der Waals surface area (Å²) >= 11 is 5.95. The summed E-state index contributed by atoms with van der Waals surface area (Å²) in [6, 6.07) is 7.46. The van der Waals surface area contributed by atoms with Crippen LogP contribution in [0.2, 0.25) is 5.02 Å². The van der Waals surface area contributed by atoms with Gasteiger partial charge in [-0.05, 0) is 37.0 Å². The van der Waals surface area contributed by atoms with E-state index in [4.69, 9.17) is 17.3 Å². The highest BCUT2D eigenvalue weighted by Gasteiger charge is 2.29. The van der Waals surface area contributed by atoms with Gasteiger partial charge >= 0.3 is 0 Å². The molecule has 1 aromatic heterocycles. The number of nitrogen functional groups attached to an aromatic ring is 1. The Kier molecular flexibility index (Phi) is 5.60. The molecule has 0 spiro atoms. The van der Waals surface area contributed by atoms with Gasteiger partial charge < -0.3 is 16.0 Å². The lowest BCUT2D eigenvalue weighted by Gasteiger charge is -2.35. The van der Waals surface area contributed by atoms with Gasteiger partial charge in [0.15, 0.2) is 0 Å². The monoisotopic (exact) mass is 387 g/mol. The topological polar surface area (TPSA) is 101 Å². The van der Waals surface area contributed by atoms with Crippen LogP contribution >= 0.6 is 11.6 Å². The number of anilines is 2. The van der Waals surface area contributed by atoms with Gasteiger partial charge in [-0.25, -0.2) is 4.98 Å². The molecule has 142 valence electrons. The number of carbonyl (C=O) groups excluding carboxylic acids is 2. The summed E-state index contributed by atoms with van der Waals surface area (Å²) in [6.07, 6.45) is 2.01. The van der Waals surface area contributed by atoms with Gasteiger partial charge in [0.2, 0.25) is 17.8 Å². The maximum absolute atomic E-state index is 12.3. The molecule has 2 aromatic rings. The number of rotatable bonds is 4. The van der Waals surface area contributed by atoms with Gasteiger partial charge in [0, 0.05) is 37.0 Å². The van der Waals surface area contributed by atoms with Crippen molar-refractivity contribution < 1.29 is 9.59 Å². The molecule has 1 heterocycles. The molecule has 0 radical (unpaired) electrons. The average Bonchev–Trinajstić information content (AvgIpc) is 2.60. The standard InChI is InChI=1S/C19H22ClN5O2/c1-11(26)22-18-16-9-15(7-8-17(16)23-19(21)24-18)25(12(2)27)10-13-3-5-14(20)6-4-13/h3-6,15H,7-10H2,1-2H3,(H3,21,22,23,24,26). The Labute approximate surface area is 162 Å². The zero-order valence-corrected chi connectivity index (χ0v) is 16.1. The second-order valence-corrected chi connectivity index (χ2v) is 7.14. The number of hydrogen-bond donors (Lipinski definition) is 2. The van der Waals surface area contributed by atoms with Crippen LogP contribution in [0.15, 0.2) is 24.3 Å². The van der Waals surface area contributed by atoms with E-state index >= 15 is 0 Å². The number of aryl methyl sites for hydroxylation is 1. The number of benzene rings is 1. The first-order valence-corrected chi connectivity index (χ1v) is 9.15. The second kappa shape index (κ2) is 7.92. The highest BCUT2D eigenvalue weighted by Crippen LogP contribution is 2.29. The number of nitrogens with two attached hydrogens (primary N) is 1. The lowest BCUT2D eigenvalue weighted by atomic mass is 9.90. The van der Waals surface area contributed by atoms with Crippen LogP contribution in [0.1, 0.15) is 37.1 Å². The Morgan fingerprint density at radius 3 is 2.59 bits per heavy atom. The molecule has 1 aliphatic carbocycles. The number of amides is 2. The Morgan fingerprint density at radius 2 is 1.96 bits per heavy atom. The number of halogens is 1. The molecule has 1 atom stereocenters. The summed E-state index contributed by atoms with van der Waals surface area (Å²) in [4.78, 5) is 34.2. The summed E-state index contributed by atoms with van der Waals surface area (Å²) in [6.45, 7) is 3.49. The third-order valence-electron chi connectivity index (χ3n) is 4.67. The Hall–Kier alpha value is -2.67. The largest absolute Gasteiger partial charge is 0.368 e. The summed E-state index contributed by atoms with van der Waals surface area (Å²) in [5, 5.41) is 3.39. The van der Waals surface area contributed by atoms with E-state index < -0.39 is 0 Å². The molecule has 7 nitrogen and oxygen atoms in total. The summed E-state index contributed by atoms with van der Waals surface area (Å²) in [5.74, 6) is 0.350. The molecule has 27 heavy (non-hydrogen) atoms. The van der Waals surface area contributed by atoms with Crippen LogP contribution in [0.4, 0.5) is 11.8 Å². The minimum atomic E-state index is -0.220. The van der Waals surface area contributed by atoms with Gasteiger partial charge in [-0.3, -0.25) is 9.59 Å². The molecule has 2 amide bonds. The van der Waals surface area contributed by atoms with Crippen LogP contribution < -0.4 is 11.1 Å². The van der Waals surface area contributed by atoms with E-state index in [-0.39, 0.29) is 23.8 Å². The number of fused-ring (bicyclic) bond motifs is 1. The van der Waals surface area contributed by atoms with Crippen LogP contribution in [0.25, 0.3) is 0 Å². The molecule has 1 unspecified atom stereocenters. The number of nitrogens with zero attached hydrogens (tertiary/aromatic N) is 3. The fourth-order valence-corrected chi connectivity index (χ4v) is 3.56. The normalized spacial score (nSPS) is 15.7. The average molecular weight is 388 g/mol. The second-order valence-electron chi connectivity index (χ2n) is 6.71. The summed E-state index contributed by atoms with van der Waals surface area (Å²) in [5.41, 5.74) is 8.45. The molecular formula is C19H22ClN5O2. The van der Waals surface area contributed by atoms with Crippen LogP contribution in [0.3, 0.4) is 0 Å². The van der Waals surface area contributed by atoms with Crippen molar-refractivity contribution in [1.82, 2.24) is 14.9 Å². The molecule has 1 aromatic carbocycles. The SMILES string of the molecule is CC(=O)Nc1nc(N)nc2c1CC(N(Cc1ccc(Cl)cc1)C(C)=O)CC2. The summed E-state index contributed by atoms with van der Waals surface area (Å²) < 4.78 is 0. The molecule has 0 saturated carbocycles. The highest BCUT2D eigenvalue weighted by atomic mass is 35.5. The first-order chi connectivity index (χ1) is 12.8. The summed E-state index contributed by atoms with van der Waals surface area (Å²) in [7, 11) is 0. The van der Waals surface area contributed by atoms with Crippen LogP contribution in [-0.2, 0) is 29.0 Å². The van der Waals surface area contributed by atoms with Crippen LogP contribution in [0, 0.1) is 0 Å². The molecule has 0 bridgehead atoms. The van der Waals surface area contributed by atoms with Crippen LogP contribution in [-0.4, -0.2) is 32.7 Å². The smallest absolute Gasteiger partial charge is 0.222 e. The zero-order valence-electron chi connectivity index (χ0n) is 15.3. The Morgan fingerprint density at radius 1 is 1.26 bits per heavy atom. The molecular weight excluding hydrogens is 366 g/mol. The van der Waals surface area contributed by atoms with Gasteiger partial charge in [0.05, 0.1) is 5.69 Å². The van der Waals surface area contributed by atoms with Crippen molar-refractivity contribution in [3.8, 4) is 0 Å². The number of aromatic nitrogens is 2. The quantitative estimate of drug-likeness (QED) is 0.839. The first kappa shape index (κ1) is 19.1. The lowest BCUT2D eigenvalue weighted by molar-refractivity contribution is -0.132. The predicted molar refractivity (Wildman–Crippen MR) is 104 cm³/mol. The fraction of sp³-hybridized carbons (Fsp3) is 0.368. The highest BCUT2D eigenvalue weighted by molar-refractivity contribution is 6.30. The van der Waals surface area contributed by atoms with Gasteiger partial charge in [-0.15, -0.1) is 0 Å². The maximum atomic E-state index is 12.3. The number of nitrogens with one attached hydrogen (secondary N) is 1. The minimum absolute atomic E-state index is 0.00385. The van der Waals surface area contributed by atoms with Crippen molar-refractivity contribution in [2.24, 2.45) is 0 Å². The van der Waals surface area contributed by atoms with Crippen LogP contribution in [0.5, 0.6) is 0 Å². The molecule has 8 heteroatoms. The number of hydrogen-bond acceptors (Lipinski definition) is 5. The minimum Gasteiger partial charge on any atom is -0.368 e. The van der Waals surface area contributed by atoms with E-state index in [1.165, 1.54) is 6.92 Å². The zero-order chi connectivity index (χ0) is 19.6.